The lowest BCUT2D eigenvalue weighted by Crippen LogP contribution is -2.45. The Balaban J connectivity index is 3.23. The summed E-state index contributed by atoms with van der Waals surface area (Å²) < 4.78 is 31.9. The number of alkyl halides is 2. The van der Waals surface area contributed by atoms with Crippen molar-refractivity contribution in [1.82, 2.24) is 0 Å². The number of esters is 1. The molecule has 0 bridgehead atoms. The number of hydrogen-bond acceptors (Lipinski definition) is 3. The lowest BCUT2D eigenvalue weighted by molar-refractivity contribution is -0.173. The molecule has 0 heterocycles. The summed E-state index contributed by atoms with van der Waals surface area (Å²) in [6.07, 6.45) is -1.62. The van der Waals surface area contributed by atoms with Crippen LogP contribution in [0.5, 0.6) is 0 Å². The van der Waals surface area contributed by atoms with Gasteiger partial charge in [0.1, 0.15) is 5.60 Å². The van der Waals surface area contributed by atoms with E-state index < -0.39 is 23.9 Å². The van der Waals surface area contributed by atoms with Gasteiger partial charge in [0.25, 0.3) is 6.43 Å². The SMILES string of the molecule is CCCC(O)(c1ccc(CC(C)C)cc1)C(C(=O)OCC)C(F)F. The fourth-order valence-corrected chi connectivity index (χ4v) is 3.00. The molecule has 2 atom stereocenters. The van der Waals surface area contributed by atoms with Crippen molar-refractivity contribution in [1.29, 1.82) is 0 Å². The minimum absolute atomic E-state index is 0.00240. The highest BCUT2D eigenvalue weighted by atomic mass is 19.3. The Kier molecular flexibility index (Phi) is 7.80. The summed E-state index contributed by atoms with van der Waals surface area (Å²) in [5.74, 6) is -2.48. The van der Waals surface area contributed by atoms with Crippen molar-refractivity contribution in [3.8, 4) is 0 Å². The molecule has 3 nitrogen and oxygen atoms in total. The molecule has 1 N–H and O–H groups in total. The second-order valence-corrected chi connectivity index (χ2v) is 6.53. The molecule has 0 amide bonds. The summed E-state index contributed by atoms with van der Waals surface area (Å²) in [6, 6.07) is 6.93. The molecule has 0 aliphatic heterocycles. The third-order valence-electron chi connectivity index (χ3n) is 4.04. The smallest absolute Gasteiger partial charge is 0.318 e. The van der Waals surface area contributed by atoms with Crippen molar-refractivity contribution < 1.29 is 23.4 Å². The van der Waals surface area contributed by atoms with Gasteiger partial charge in [-0.3, -0.25) is 4.79 Å². The highest BCUT2D eigenvalue weighted by Gasteiger charge is 2.48. The van der Waals surface area contributed by atoms with Crippen LogP contribution in [-0.4, -0.2) is 24.1 Å². The standard InChI is InChI=1S/C19H28F2O3/c1-5-11-19(23,16(17(20)21)18(22)24-6-2)15-9-7-14(8-10-15)12-13(3)4/h7-10,13,16-17,23H,5-6,11-12H2,1-4H3. The van der Waals surface area contributed by atoms with E-state index in [2.05, 4.69) is 13.8 Å². The van der Waals surface area contributed by atoms with E-state index in [1.54, 1.807) is 26.0 Å². The maximum Gasteiger partial charge on any atom is 0.318 e. The molecule has 1 aromatic carbocycles. The topological polar surface area (TPSA) is 46.5 Å². The number of halogens is 2. The summed E-state index contributed by atoms with van der Waals surface area (Å²) in [7, 11) is 0. The number of ether oxygens (including phenoxy) is 1. The number of aliphatic hydroxyl groups is 1. The van der Waals surface area contributed by atoms with Crippen LogP contribution >= 0.6 is 0 Å². The van der Waals surface area contributed by atoms with Crippen LogP contribution in [-0.2, 0) is 21.6 Å². The highest BCUT2D eigenvalue weighted by Crippen LogP contribution is 2.39. The zero-order valence-electron chi connectivity index (χ0n) is 14.9. The average molecular weight is 342 g/mol. The maximum absolute atomic E-state index is 13.6. The van der Waals surface area contributed by atoms with Gasteiger partial charge in [-0.05, 0) is 36.8 Å². The van der Waals surface area contributed by atoms with E-state index in [4.69, 9.17) is 4.74 Å². The first-order valence-electron chi connectivity index (χ1n) is 8.52. The van der Waals surface area contributed by atoms with E-state index in [9.17, 15) is 18.7 Å². The summed E-state index contributed by atoms with van der Waals surface area (Å²) >= 11 is 0. The van der Waals surface area contributed by atoms with Crippen LogP contribution in [0.2, 0.25) is 0 Å². The molecular formula is C19H28F2O3. The Bertz CT molecular complexity index is 514. The lowest BCUT2D eigenvalue weighted by Gasteiger charge is -2.34. The first-order chi connectivity index (χ1) is 11.3. The van der Waals surface area contributed by atoms with E-state index in [1.165, 1.54) is 0 Å². The zero-order chi connectivity index (χ0) is 18.3. The number of carbonyl (C=O) groups is 1. The molecule has 0 fully saturated rings. The first-order valence-corrected chi connectivity index (χ1v) is 8.52. The number of carbonyl (C=O) groups excluding carboxylic acids is 1. The van der Waals surface area contributed by atoms with E-state index >= 15 is 0 Å². The van der Waals surface area contributed by atoms with Gasteiger partial charge in [0.15, 0.2) is 5.92 Å². The fraction of sp³-hybridized carbons (Fsp3) is 0.632. The van der Waals surface area contributed by atoms with Crippen LogP contribution in [0.15, 0.2) is 24.3 Å². The van der Waals surface area contributed by atoms with Gasteiger partial charge in [0.05, 0.1) is 6.61 Å². The van der Waals surface area contributed by atoms with E-state index in [1.807, 2.05) is 12.1 Å². The molecule has 24 heavy (non-hydrogen) atoms. The molecular weight excluding hydrogens is 314 g/mol. The van der Waals surface area contributed by atoms with Crippen molar-refractivity contribution >= 4 is 5.97 Å². The Morgan fingerprint density at radius 3 is 2.21 bits per heavy atom. The summed E-state index contributed by atoms with van der Waals surface area (Å²) in [5.41, 5.74) is -0.543. The molecule has 1 rings (SSSR count). The van der Waals surface area contributed by atoms with E-state index in [-0.39, 0.29) is 13.0 Å². The maximum atomic E-state index is 13.6. The Morgan fingerprint density at radius 1 is 1.21 bits per heavy atom. The van der Waals surface area contributed by atoms with Crippen LogP contribution < -0.4 is 0 Å². The zero-order valence-corrected chi connectivity index (χ0v) is 14.9. The van der Waals surface area contributed by atoms with Crippen LogP contribution in [0.3, 0.4) is 0 Å². The van der Waals surface area contributed by atoms with E-state index in [0.717, 1.165) is 12.0 Å². The van der Waals surface area contributed by atoms with Gasteiger partial charge in [-0.25, -0.2) is 8.78 Å². The molecule has 0 aliphatic carbocycles. The molecule has 5 heteroatoms. The van der Waals surface area contributed by atoms with Gasteiger partial charge < -0.3 is 9.84 Å². The summed E-state index contributed by atoms with van der Waals surface area (Å²) in [5, 5.41) is 11.0. The van der Waals surface area contributed by atoms with Crippen LogP contribution in [0.1, 0.15) is 51.7 Å². The highest BCUT2D eigenvalue weighted by molar-refractivity contribution is 5.74. The third-order valence-corrected chi connectivity index (χ3v) is 4.04. The Labute approximate surface area is 143 Å². The molecule has 0 saturated heterocycles. The van der Waals surface area contributed by atoms with Gasteiger partial charge in [-0.2, -0.15) is 0 Å². The van der Waals surface area contributed by atoms with Crippen molar-refractivity contribution in [3.05, 3.63) is 35.4 Å². The number of benzene rings is 1. The van der Waals surface area contributed by atoms with Crippen LogP contribution in [0.4, 0.5) is 8.78 Å². The Hall–Kier alpha value is -1.49. The van der Waals surface area contributed by atoms with Crippen molar-refractivity contribution in [2.24, 2.45) is 11.8 Å². The van der Waals surface area contributed by atoms with Gasteiger partial charge in [-0.1, -0.05) is 51.5 Å². The molecule has 2 unspecified atom stereocenters. The normalized spacial score (nSPS) is 15.4. The number of rotatable bonds is 9. The predicted molar refractivity (Wildman–Crippen MR) is 89.9 cm³/mol. The first kappa shape index (κ1) is 20.6. The van der Waals surface area contributed by atoms with Gasteiger partial charge in [0, 0.05) is 0 Å². The molecule has 1 aromatic rings. The molecule has 0 spiro atoms. The largest absolute Gasteiger partial charge is 0.466 e. The summed E-state index contributed by atoms with van der Waals surface area (Å²) in [4.78, 5) is 12.0. The molecule has 0 saturated carbocycles. The Morgan fingerprint density at radius 2 is 1.79 bits per heavy atom. The molecule has 0 aromatic heterocycles. The van der Waals surface area contributed by atoms with Crippen LogP contribution in [0.25, 0.3) is 0 Å². The minimum atomic E-state index is -3.00. The van der Waals surface area contributed by atoms with E-state index in [0.29, 0.717) is 17.9 Å². The van der Waals surface area contributed by atoms with Gasteiger partial charge >= 0.3 is 5.97 Å². The van der Waals surface area contributed by atoms with Crippen molar-refractivity contribution in [3.63, 3.8) is 0 Å². The van der Waals surface area contributed by atoms with Crippen LogP contribution in [0, 0.1) is 11.8 Å². The van der Waals surface area contributed by atoms with Gasteiger partial charge in [-0.15, -0.1) is 0 Å². The minimum Gasteiger partial charge on any atom is -0.466 e. The molecule has 0 radical (unpaired) electrons. The molecule has 0 aliphatic rings. The van der Waals surface area contributed by atoms with Gasteiger partial charge in [0.2, 0.25) is 0 Å². The monoisotopic (exact) mass is 342 g/mol. The second kappa shape index (κ2) is 9.11. The van der Waals surface area contributed by atoms with Crippen molar-refractivity contribution in [2.45, 2.75) is 59.0 Å². The lowest BCUT2D eigenvalue weighted by atomic mass is 9.77. The predicted octanol–water partition coefficient (Wildman–Crippen LogP) is 4.32. The fourth-order valence-electron chi connectivity index (χ4n) is 3.00. The van der Waals surface area contributed by atoms with Crippen molar-refractivity contribution in [2.75, 3.05) is 6.61 Å². The average Bonchev–Trinajstić information content (AvgIpc) is 2.47. The second-order valence-electron chi connectivity index (χ2n) is 6.53. The quantitative estimate of drug-likeness (QED) is 0.680. The molecule has 136 valence electrons. The number of hydrogen-bond donors (Lipinski definition) is 1. The summed E-state index contributed by atoms with van der Waals surface area (Å²) in [6.45, 7) is 7.52. The third kappa shape index (κ3) is 5.00.